The second-order valence-corrected chi connectivity index (χ2v) is 4.26. The molecule has 0 aliphatic heterocycles. The van der Waals surface area contributed by atoms with Gasteiger partial charge >= 0.3 is 0 Å². The average molecular weight is 290 g/mol. The number of halogens is 2. The highest BCUT2D eigenvalue weighted by atomic mass is 19.2. The number of rotatable bonds is 4. The number of ketones is 1. The van der Waals surface area contributed by atoms with Gasteiger partial charge in [-0.3, -0.25) is 4.79 Å². The van der Waals surface area contributed by atoms with E-state index in [1.165, 1.54) is 31.4 Å². The molecule has 0 unspecified atom stereocenters. The summed E-state index contributed by atoms with van der Waals surface area (Å²) in [6.45, 7) is 0. The van der Waals surface area contributed by atoms with Crippen molar-refractivity contribution in [2.75, 3.05) is 7.11 Å². The van der Waals surface area contributed by atoms with Crippen molar-refractivity contribution < 1.29 is 23.4 Å². The van der Waals surface area contributed by atoms with E-state index >= 15 is 0 Å². The van der Waals surface area contributed by atoms with Crippen LogP contribution < -0.4 is 4.74 Å². The molecule has 0 aliphatic rings. The zero-order chi connectivity index (χ0) is 15.4. The fraction of sp³-hybridized carbons (Fsp3) is 0.0625. The minimum absolute atomic E-state index is 0.0443. The fourth-order valence-electron chi connectivity index (χ4n) is 1.73. The van der Waals surface area contributed by atoms with Gasteiger partial charge in [0, 0.05) is 5.56 Å². The standard InChI is InChI=1S/C16H12F2O3/c1-21-16-7-3-10(8-15(16)20)2-6-14(19)11-4-5-12(17)13(18)9-11/h2-9,20H,1H3. The second-order valence-electron chi connectivity index (χ2n) is 4.26. The predicted molar refractivity (Wildman–Crippen MR) is 74.4 cm³/mol. The van der Waals surface area contributed by atoms with Gasteiger partial charge in [0.25, 0.3) is 0 Å². The molecule has 0 saturated carbocycles. The summed E-state index contributed by atoms with van der Waals surface area (Å²) in [5.41, 5.74) is 0.618. The van der Waals surface area contributed by atoms with E-state index in [2.05, 4.69) is 0 Å². The molecule has 2 aromatic carbocycles. The number of benzene rings is 2. The van der Waals surface area contributed by atoms with Crippen LogP contribution in [-0.4, -0.2) is 18.0 Å². The molecule has 108 valence electrons. The maximum Gasteiger partial charge on any atom is 0.185 e. The van der Waals surface area contributed by atoms with Crippen LogP contribution in [0.2, 0.25) is 0 Å². The number of phenols is 1. The molecule has 0 atom stereocenters. The quantitative estimate of drug-likeness (QED) is 0.691. The van der Waals surface area contributed by atoms with E-state index in [-0.39, 0.29) is 11.3 Å². The van der Waals surface area contributed by atoms with Crippen molar-refractivity contribution in [1.29, 1.82) is 0 Å². The highest BCUT2D eigenvalue weighted by Crippen LogP contribution is 2.26. The molecular weight excluding hydrogens is 278 g/mol. The summed E-state index contributed by atoms with van der Waals surface area (Å²) in [5, 5.41) is 9.61. The molecule has 2 rings (SSSR count). The van der Waals surface area contributed by atoms with Gasteiger partial charge in [0.15, 0.2) is 28.9 Å². The lowest BCUT2D eigenvalue weighted by Gasteiger charge is -2.03. The van der Waals surface area contributed by atoms with Crippen LogP contribution >= 0.6 is 0 Å². The number of ether oxygens (including phenoxy) is 1. The summed E-state index contributed by atoms with van der Waals surface area (Å²) < 4.78 is 30.7. The SMILES string of the molecule is COc1ccc(C=CC(=O)c2ccc(F)c(F)c2)cc1O. The number of hydrogen-bond acceptors (Lipinski definition) is 3. The van der Waals surface area contributed by atoms with Gasteiger partial charge < -0.3 is 9.84 Å². The molecule has 3 nitrogen and oxygen atoms in total. The number of hydrogen-bond donors (Lipinski definition) is 1. The van der Waals surface area contributed by atoms with E-state index in [0.29, 0.717) is 11.3 Å². The van der Waals surface area contributed by atoms with Crippen LogP contribution in [0.5, 0.6) is 11.5 Å². The first-order valence-electron chi connectivity index (χ1n) is 6.05. The van der Waals surface area contributed by atoms with Crippen molar-refractivity contribution in [2.45, 2.75) is 0 Å². The normalized spacial score (nSPS) is 10.8. The molecule has 5 heteroatoms. The van der Waals surface area contributed by atoms with Crippen LogP contribution in [0, 0.1) is 11.6 Å². The summed E-state index contributed by atoms with van der Waals surface area (Å²) in [7, 11) is 1.43. The van der Waals surface area contributed by atoms with Crippen LogP contribution in [-0.2, 0) is 0 Å². The summed E-state index contributed by atoms with van der Waals surface area (Å²) >= 11 is 0. The highest BCUT2D eigenvalue weighted by Gasteiger charge is 2.07. The highest BCUT2D eigenvalue weighted by molar-refractivity contribution is 6.06. The van der Waals surface area contributed by atoms with Crippen LogP contribution in [0.4, 0.5) is 8.78 Å². The van der Waals surface area contributed by atoms with E-state index in [1.807, 2.05) is 0 Å². The molecular formula is C16H12F2O3. The molecule has 0 amide bonds. The molecule has 0 heterocycles. The van der Waals surface area contributed by atoms with Gasteiger partial charge in [-0.15, -0.1) is 0 Å². The molecule has 0 aromatic heterocycles. The van der Waals surface area contributed by atoms with Crippen molar-refractivity contribution in [1.82, 2.24) is 0 Å². The minimum Gasteiger partial charge on any atom is -0.504 e. The van der Waals surface area contributed by atoms with Crippen molar-refractivity contribution in [2.24, 2.45) is 0 Å². The Kier molecular flexibility index (Phi) is 4.33. The molecule has 0 radical (unpaired) electrons. The molecule has 1 N–H and O–H groups in total. The maximum atomic E-state index is 13.0. The van der Waals surface area contributed by atoms with E-state index in [9.17, 15) is 18.7 Å². The van der Waals surface area contributed by atoms with E-state index < -0.39 is 17.4 Å². The average Bonchev–Trinajstić information content (AvgIpc) is 2.47. The van der Waals surface area contributed by atoms with Gasteiger partial charge in [-0.1, -0.05) is 12.1 Å². The Morgan fingerprint density at radius 1 is 1.14 bits per heavy atom. The van der Waals surface area contributed by atoms with Crippen molar-refractivity contribution in [3.8, 4) is 11.5 Å². The van der Waals surface area contributed by atoms with Crippen molar-refractivity contribution in [3.05, 3.63) is 65.2 Å². The Morgan fingerprint density at radius 3 is 2.52 bits per heavy atom. The second kappa shape index (κ2) is 6.17. The Labute approximate surface area is 120 Å². The zero-order valence-electron chi connectivity index (χ0n) is 11.1. The van der Waals surface area contributed by atoms with Crippen LogP contribution in [0.25, 0.3) is 6.08 Å². The number of methoxy groups -OCH3 is 1. The minimum atomic E-state index is -1.07. The lowest BCUT2D eigenvalue weighted by molar-refractivity contribution is 0.104. The third-order valence-corrected chi connectivity index (χ3v) is 2.83. The van der Waals surface area contributed by atoms with E-state index in [0.717, 1.165) is 12.1 Å². The summed E-state index contributed by atoms with van der Waals surface area (Å²) in [5.74, 6) is -2.28. The van der Waals surface area contributed by atoms with E-state index in [4.69, 9.17) is 4.74 Å². The Balaban J connectivity index is 2.18. The first-order valence-corrected chi connectivity index (χ1v) is 6.05. The Morgan fingerprint density at radius 2 is 1.90 bits per heavy atom. The maximum absolute atomic E-state index is 13.0. The summed E-state index contributed by atoms with van der Waals surface area (Å²) in [6.07, 6.45) is 2.68. The largest absolute Gasteiger partial charge is 0.504 e. The first kappa shape index (κ1) is 14.7. The molecule has 0 saturated heterocycles. The van der Waals surface area contributed by atoms with Gasteiger partial charge in [0.05, 0.1) is 7.11 Å². The van der Waals surface area contributed by atoms with Crippen LogP contribution in [0.1, 0.15) is 15.9 Å². The number of aromatic hydroxyl groups is 1. The van der Waals surface area contributed by atoms with Gasteiger partial charge in [-0.2, -0.15) is 0 Å². The Hall–Kier alpha value is -2.69. The third-order valence-electron chi connectivity index (χ3n) is 2.83. The zero-order valence-corrected chi connectivity index (χ0v) is 11.1. The van der Waals surface area contributed by atoms with Crippen LogP contribution in [0.15, 0.2) is 42.5 Å². The third kappa shape index (κ3) is 3.45. The van der Waals surface area contributed by atoms with Gasteiger partial charge in [-0.05, 0) is 42.0 Å². The van der Waals surface area contributed by atoms with Crippen LogP contribution in [0.3, 0.4) is 0 Å². The van der Waals surface area contributed by atoms with Gasteiger partial charge in [0.1, 0.15) is 0 Å². The smallest absolute Gasteiger partial charge is 0.185 e. The van der Waals surface area contributed by atoms with Gasteiger partial charge in [-0.25, -0.2) is 8.78 Å². The van der Waals surface area contributed by atoms with Crippen molar-refractivity contribution >= 4 is 11.9 Å². The van der Waals surface area contributed by atoms with Crippen molar-refractivity contribution in [3.63, 3.8) is 0 Å². The summed E-state index contributed by atoms with van der Waals surface area (Å²) in [4.78, 5) is 11.8. The number of carbonyl (C=O) groups excluding carboxylic acids is 1. The lowest BCUT2D eigenvalue weighted by atomic mass is 10.1. The predicted octanol–water partition coefficient (Wildman–Crippen LogP) is 3.58. The lowest BCUT2D eigenvalue weighted by Crippen LogP contribution is -1.96. The number of allylic oxidation sites excluding steroid dienone is 1. The topological polar surface area (TPSA) is 46.5 Å². The molecule has 0 fully saturated rings. The molecule has 21 heavy (non-hydrogen) atoms. The molecule has 2 aromatic rings. The fourth-order valence-corrected chi connectivity index (χ4v) is 1.73. The van der Waals surface area contributed by atoms with Gasteiger partial charge in [0.2, 0.25) is 0 Å². The number of phenolic OH excluding ortho intramolecular Hbond substituents is 1. The molecule has 0 bridgehead atoms. The molecule has 0 aliphatic carbocycles. The summed E-state index contributed by atoms with van der Waals surface area (Å²) in [6, 6.07) is 7.57. The molecule has 0 spiro atoms. The number of carbonyl (C=O) groups is 1. The monoisotopic (exact) mass is 290 g/mol. The Bertz CT molecular complexity index is 709. The first-order chi connectivity index (χ1) is 10.0. The van der Waals surface area contributed by atoms with E-state index in [1.54, 1.807) is 12.1 Å².